The first kappa shape index (κ1) is 20.9. The molecule has 0 amide bonds. The Morgan fingerprint density at radius 3 is 2.08 bits per heavy atom. The molecule has 0 aromatic heterocycles. The van der Waals surface area contributed by atoms with Crippen LogP contribution in [-0.4, -0.2) is 13.0 Å². The third-order valence-electron chi connectivity index (χ3n) is 4.99. The van der Waals surface area contributed by atoms with Gasteiger partial charge in [-0.3, -0.25) is 4.55 Å². The molecule has 0 aliphatic carbocycles. The number of fused-ring (bicyclic) bond motifs is 1. The van der Waals surface area contributed by atoms with E-state index in [2.05, 4.69) is 19.9 Å². The van der Waals surface area contributed by atoms with E-state index in [1.807, 2.05) is 24.3 Å². The molecule has 0 aliphatic rings. The Morgan fingerprint density at radius 1 is 0.808 bits per heavy atom. The van der Waals surface area contributed by atoms with E-state index < -0.39 is 10.1 Å². The highest BCUT2D eigenvalue weighted by Gasteiger charge is 2.19. The molecule has 26 heavy (non-hydrogen) atoms. The fourth-order valence-corrected chi connectivity index (χ4v) is 4.52. The molecule has 2 aromatic rings. The number of benzene rings is 2. The van der Waals surface area contributed by atoms with Gasteiger partial charge >= 0.3 is 0 Å². The van der Waals surface area contributed by atoms with Crippen LogP contribution in [0.25, 0.3) is 10.8 Å². The van der Waals surface area contributed by atoms with Crippen LogP contribution in [0.3, 0.4) is 0 Å². The van der Waals surface area contributed by atoms with Gasteiger partial charge in [0.05, 0.1) is 0 Å². The second kappa shape index (κ2) is 10.1. The van der Waals surface area contributed by atoms with E-state index in [9.17, 15) is 13.0 Å². The van der Waals surface area contributed by atoms with Gasteiger partial charge in [0.1, 0.15) is 4.90 Å². The molecule has 0 saturated carbocycles. The van der Waals surface area contributed by atoms with Gasteiger partial charge in [0.15, 0.2) is 0 Å². The summed E-state index contributed by atoms with van der Waals surface area (Å²) >= 11 is 0. The van der Waals surface area contributed by atoms with Gasteiger partial charge < -0.3 is 0 Å². The minimum absolute atomic E-state index is 0.101. The average molecular weight is 377 g/mol. The Kier molecular flexibility index (Phi) is 8.11. The van der Waals surface area contributed by atoms with Crippen LogP contribution in [0.5, 0.6) is 0 Å². The zero-order valence-electron chi connectivity index (χ0n) is 16.1. The van der Waals surface area contributed by atoms with Crippen LogP contribution in [0.15, 0.2) is 35.2 Å². The molecule has 0 radical (unpaired) electrons. The molecule has 0 saturated heterocycles. The largest absolute Gasteiger partial charge is 0.295 e. The molecule has 0 atom stereocenters. The van der Waals surface area contributed by atoms with Gasteiger partial charge in [0.2, 0.25) is 0 Å². The highest BCUT2D eigenvalue weighted by molar-refractivity contribution is 7.86. The third-order valence-corrected chi connectivity index (χ3v) is 5.99. The number of rotatable bonds is 11. The van der Waals surface area contributed by atoms with Crippen LogP contribution >= 0.6 is 0 Å². The Morgan fingerprint density at radius 2 is 1.46 bits per heavy atom. The topological polar surface area (TPSA) is 54.4 Å². The molecule has 2 aromatic carbocycles. The van der Waals surface area contributed by atoms with Crippen molar-refractivity contribution in [1.82, 2.24) is 0 Å². The third kappa shape index (κ3) is 5.82. The summed E-state index contributed by atoms with van der Waals surface area (Å²) in [6.07, 6.45) is 10.9. The van der Waals surface area contributed by atoms with Crippen molar-refractivity contribution in [3.05, 3.63) is 41.5 Å². The van der Waals surface area contributed by atoms with Crippen LogP contribution in [0.2, 0.25) is 0 Å². The van der Waals surface area contributed by atoms with Crippen LogP contribution in [-0.2, 0) is 23.0 Å². The van der Waals surface area contributed by atoms with Gasteiger partial charge in [-0.15, -0.1) is 0 Å². The van der Waals surface area contributed by atoms with E-state index in [4.69, 9.17) is 0 Å². The molecule has 3 nitrogen and oxygen atoms in total. The normalized spacial score (nSPS) is 12.0. The smallest absolute Gasteiger partial charge is 0.282 e. The van der Waals surface area contributed by atoms with E-state index in [-0.39, 0.29) is 4.90 Å². The van der Waals surface area contributed by atoms with E-state index in [1.165, 1.54) is 24.8 Å². The number of hydrogen-bond donors (Lipinski definition) is 1. The molecule has 0 heterocycles. The van der Waals surface area contributed by atoms with Crippen molar-refractivity contribution in [2.24, 2.45) is 0 Å². The van der Waals surface area contributed by atoms with E-state index in [1.54, 1.807) is 0 Å². The lowest BCUT2D eigenvalue weighted by molar-refractivity contribution is 0.483. The van der Waals surface area contributed by atoms with Crippen molar-refractivity contribution in [1.29, 1.82) is 0 Å². The van der Waals surface area contributed by atoms with Gasteiger partial charge in [-0.05, 0) is 42.2 Å². The van der Waals surface area contributed by atoms with Crippen molar-refractivity contribution in [2.45, 2.75) is 83.0 Å². The van der Waals surface area contributed by atoms with Gasteiger partial charge in [-0.2, -0.15) is 8.42 Å². The minimum atomic E-state index is -4.24. The molecule has 0 unspecified atom stereocenters. The predicted molar refractivity (Wildman–Crippen MR) is 109 cm³/mol. The molecule has 4 heteroatoms. The Hall–Kier alpha value is -1.39. The molecular weight excluding hydrogens is 344 g/mol. The first-order valence-corrected chi connectivity index (χ1v) is 11.4. The lowest BCUT2D eigenvalue weighted by Crippen LogP contribution is -2.05. The number of unbranched alkanes of at least 4 members (excludes halogenated alkanes) is 6. The highest BCUT2D eigenvalue weighted by atomic mass is 32.2. The first-order chi connectivity index (χ1) is 12.5. The fraction of sp³-hybridized carbons (Fsp3) is 0.545. The van der Waals surface area contributed by atoms with Crippen LogP contribution < -0.4 is 0 Å². The van der Waals surface area contributed by atoms with Crippen molar-refractivity contribution in [2.75, 3.05) is 0 Å². The molecule has 0 bridgehead atoms. The molecule has 0 aliphatic heterocycles. The summed E-state index contributed by atoms with van der Waals surface area (Å²) in [4.78, 5) is 0.101. The Labute approximate surface area is 158 Å². The van der Waals surface area contributed by atoms with Crippen LogP contribution in [0, 0.1) is 0 Å². The second-order valence-corrected chi connectivity index (χ2v) is 8.56. The zero-order valence-corrected chi connectivity index (χ0v) is 16.9. The summed E-state index contributed by atoms with van der Waals surface area (Å²) < 4.78 is 33.9. The first-order valence-electron chi connectivity index (χ1n) is 9.99. The van der Waals surface area contributed by atoms with Gasteiger partial charge in [0, 0.05) is 5.39 Å². The summed E-state index contributed by atoms with van der Waals surface area (Å²) in [6.45, 7) is 4.35. The maximum absolute atomic E-state index is 12.0. The number of hydrogen-bond acceptors (Lipinski definition) is 2. The molecular formula is C22H32O3S. The SMILES string of the molecule is CCCCCCc1ccc2c(S(=O)(=O)O)c(CCCCCC)ccc2c1. The number of aryl methyl sites for hydroxylation is 2. The summed E-state index contributed by atoms with van der Waals surface area (Å²) in [5, 5.41) is 1.53. The minimum Gasteiger partial charge on any atom is -0.282 e. The summed E-state index contributed by atoms with van der Waals surface area (Å²) in [5.74, 6) is 0. The zero-order chi connectivity index (χ0) is 19.0. The summed E-state index contributed by atoms with van der Waals surface area (Å²) in [5.41, 5.74) is 1.96. The molecule has 2 rings (SSSR count). The van der Waals surface area contributed by atoms with Gasteiger partial charge in [-0.1, -0.05) is 82.7 Å². The van der Waals surface area contributed by atoms with E-state index in [0.29, 0.717) is 11.8 Å². The Bertz CT molecular complexity index is 809. The lowest BCUT2D eigenvalue weighted by Gasteiger charge is -2.12. The van der Waals surface area contributed by atoms with Crippen LogP contribution in [0.4, 0.5) is 0 Å². The van der Waals surface area contributed by atoms with E-state index in [0.717, 1.165) is 49.5 Å². The molecule has 1 N–H and O–H groups in total. The quantitative estimate of drug-likeness (QED) is 0.368. The lowest BCUT2D eigenvalue weighted by atomic mass is 9.98. The fourth-order valence-electron chi connectivity index (χ4n) is 3.55. The van der Waals surface area contributed by atoms with Crippen molar-refractivity contribution in [3.8, 4) is 0 Å². The van der Waals surface area contributed by atoms with Crippen LogP contribution in [0.1, 0.15) is 76.3 Å². The monoisotopic (exact) mass is 376 g/mol. The molecule has 0 fully saturated rings. The van der Waals surface area contributed by atoms with Crippen molar-refractivity contribution < 1.29 is 13.0 Å². The summed E-state index contributed by atoms with van der Waals surface area (Å²) in [6, 6.07) is 9.80. The standard InChI is InChI=1S/C22H32O3S/c1-3-5-7-9-11-18-13-16-21-20(17-18)15-14-19(12-10-8-6-4-2)22(21)26(23,24)25/h13-17H,3-12H2,1-2H3,(H,23,24,25). The second-order valence-electron chi connectivity index (χ2n) is 7.21. The maximum atomic E-state index is 12.0. The average Bonchev–Trinajstić information content (AvgIpc) is 2.61. The van der Waals surface area contributed by atoms with Crippen molar-refractivity contribution in [3.63, 3.8) is 0 Å². The maximum Gasteiger partial charge on any atom is 0.295 e. The Balaban J connectivity index is 2.28. The van der Waals surface area contributed by atoms with E-state index >= 15 is 0 Å². The highest BCUT2D eigenvalue weighted by Crippen LogP contribution is 2.29. The predicted octanol–water partition coefficient (Wildman–Crippen LogP) is 6.33. The van der Waals surface area contributed by atoms with Gasteiger partial charge in [-0.25, -0.2) is 0 Å². The summed E-state index contributed by atoms with van der Waals surface area (Å²) in [7, 11) is -4.24. The van der Waals surface area contributed by atoms with Gasteiger partial charge in [0.25, 0.3) is 10.1 Å². The molecule has 0 spiro atoms. The molecule has 144 valence electrons. The van der Waals surface area contributed by atoms with Crippen molar-refractivity contribution >= 4 is 20.9 Å².